The van der Waals surface area contributed by atoms with Crippen LogP contribution in [0.1, 0.15) is 25.8 Å². The predicted molar refractivity (Wildman–Crippen MR) is 76.1 cm³/mol. The van der Waals surface area contributed by atoms with Gasteiger partial charge in [-0.25, -0.2) is 9.78 Å². The van der Waals surface area contributed by atoms with Crippen molar-refractivity contribution in [3.63, 3.8) is 0 Å². The molecule has 0 aliphatic carbocycles. The van der Waals surface area contributed by atoms with Gasteiger partial charge in [0, 0.05) is 5.41 Å². The van der Waals surface area contributed by atoms with E-state index in [4.69, 9.17) is 39.5 Å². The zero-order chi connectivity index (χ0) is 14.0. The summed E-state index contributed by atoms with van der Waals surface area (Å²) in [6.07, 6.45) is 0.896. The molecule has 0 radical (unpaired) electrons. The first kappa shape index (κ1) is 15.8. The number of carbonyl (C=O) groups is 1. The predicted octanol–water partition coefficient (Wildman–Crippen LogP) is 4.36. The lowest BCUT2D eigenvalue weighted by Crippen LogP contribution is -2.20. The number of alkyl halides is 3. The van der Waals surface area contributed by atoms with Gasteiger partial charge in [-0.3, -0.25) is 5.32 Å². The summed E-state index contributed by atoms with van der Waals surface area (Å²) in [4.78, 5) is 15.6. The maximum absolute atomic E-state index is 11.4. The first-order valence-electron chi connectivity index (χ1n) is 5.05. The van der Waals surface area contributed by atoms with Crippen LogP contribution in [0.5, 0.6) is 0 Å². The van der Waals surface area contributed by atoms with Crippen LogP contribution in [-0.2, 0) is 10.2 Å². The third-order valence-corrected chi connectivity index (χ3v) is 3.41. The molecule has 4 nitrogen and oxygen atoms in total. The van der Waals surface area contributed by atoms with Crippen molar-refractivity contribution in [2.45, 2.75) is 30.0 Å². The molecule has 0 saturated carbocycles. The van der Waals surface area contributed by atoms with Gasteiger partial charge in [0.05, 0.1) is 11.2 Å². The van der Waals surface area contributed by atoms with Crippen molar-refractivity contribution in [3.05, 3.63) is 11.2 Å². The molecule has 1 amide bonds. The van der Waals surface area contributed by atoms with E-state index in [9.17, 15) is 4.79 Å². The molecule has 0 saturated heterocycles. The second kappa shape index (κ2) is 5.82. The van der Waals surface area contributed by atoms with Crippen LogP contribution in [0.2, 0.25) is 0 Å². The van der Waals surface area contributed by atoms with Crippen LogP contribution in [0, 0.1) is 0 Å². The van der Waals surface area contributed by atoms with Crippen molar-refractivity contribution in [2.24, 2.45) is 0 Å². The molecule has 1 N–H and O–H groups in total. The number of nitrogens with zero attached hydrogens (tertiary/aromatic N) is 1. The minimum absolute atomic E-state index is 0.0634. The van der Waals surface area contributed by atoms with E-state index in [1.807, 2.05) is 20.8 Å². The molecule has 0 aliphatic heterocycles. The van der Waals surface area contributed by atoms with Crippen LogP contribution in [0.25, 0.3) is 0 Å². The molecule has 0 fully saturated rings. The highest BCUT2D eigenvalue weighted by Crippen LogP contribution is 2.30. The van der Waals surface area contributed by atoms with Crippen LogP contribution < -0.4 is 5.32 Å². The number of hydrogen-bond acceptors (Lipinski definition) is 4. The van der Waals surface area contributed by atoms with Crippen LogP contribution in [0.3, 0.4) is 0 Å². The van der Waals surface area contributed by atoms with Gasteiger partial charge in [-0.1, -0.05) is 55.6 Å². The lowest BCUT2D eigenvalue weighted by molar-refractivity contribution is 0.164. The summed E-state index contributed by atoms with van der Waals surface area (Å²) >= 11 is 17.8. The highest BCUT2D eigenvalue weighted by molar-refractivity contribution is 7.16. The Bertz CT molecular complexity index is 423. The topological polar surface area (TPSA) is 51.2 Å². The Hall–Kier alpha value is -0.230. The fourth-order valence-corrected chi connectivity index (χ4v) is 1.99. The van der Waals surface area contributed by atoms with Gasteiger partial charge in [0.25, 0.3) is 0 Å². The summed E-state index contributed by atoms with van der Waals surface area (Å²) in [5, 5.41) is 4.03. The number of rotatable bonds is 2. The molecule has 0 aliphatic rings. The quantitative estimate of drug-likeness (QED) is 0.819. The van der Waals surface area contributed by atoms with Gasteiger partial charge < -0.3 is 4.74 Å². The number of carbonyl (C=O) groups excluding carboxylic acids is 1. The van der Waals surface area contributed by atoms with E-state index in [1.165, 1.54) is 11.3 Å². The second-order valence-corrected chi connectivity index (χ2v) is 8.14. The van der Waals surface area contributed by atoms with E-state index >= 15 is 0 Å². The summed E-state index contributed by atoms with van der Waals surface area (Å²) in [7, 11) is 0. The number of amides is 1. The average Bonchev–Trinajstić information content (AvgIpc) is 2.61. The third kappa shape index (κ3) is 5.61. The van der Waals surface area contributed by atoms with Gasteiger partial charge in [0.2, 0.25) is 3.79 Å². The smallest absolute Gasteiger partial charge is 0.412 e. The van der Waals surface area contributed by atoms with Gasteiger partial charge in [-0.2, -0.15) is 0 Å². The Morgan fingerprint density at radius 1 is 1.44 bits per heavy atom. The number of hydrogen-bond donors (Lipinski definition) is 1. The summed E-state index contributed by atoms with van der Waals surface area (Å²) in [6.45, 7) is 5.80. The number of nitrogens with one attached hydrogen (secondary N) is 1. The minimum Gasteiger partial charge on any atom is -0.445 e. The lowest BCUT2D eigenvalue weighted by atomic mass is 9.98. The largest absolute Gasteiger partial charge is 0.445 e. The fraction of sp³-hybridized carbons (Fsp3) is 0.600. The Morgan fingerprint density at radius 3 is 2.50 bits per heavy atom. The van der Waals surface area contributed by atoms with Crippen LogP contribution in [0.4, 0.5) is 9.80 Å². The minimum atomic E-state index is -1.61. The summed E-state index contributed by atoms with van der Waals surface area (Å²) in [6, 6.07) is 0. The molecule has 0 atom stereocenters. The van der Waals surface area contributed by atoms with Crippen molar-refractivity contribution >= 4 is 57.2 Å². The highest BCUT2D eigenvalue weighted by atomic mass is 35.6. The molecule has 1 aromatic heterocycles. The van der Waals surface area contributed by atoms with Gasteiger partial charge in [-0.15, -0.1) is 11.3 Å². The lowest BCUT2D eigenvalue weighted by Gasteiger charge is -2.13. The Balaban J connectivity index is 2.53. The zero-order valence-corrected chi connectivity index (χ0v) is 13.2. The SMILES string of the molecule is CC(C)(C)c1ncc(NC(=O)OCC(Cl)(Cl)Cl)s1. The molecule has 1 aromatic rings. The number of thiazole rings is 1. The Kier molecular flexibility index (Phi) is 5.12. The first-order chi connectivity index (χ1) is 8.08. The van der Waals surface area contributed by atoms with Crippen LogP contribution >= 0.6 is 46.1 Å². The van der Waals surface area contributed by atoms with Crippen molar-refractivity contribution in [3.8, 4) is 0 Å². The number of aromatic nitrogens is 1. The molecule has 18 heavy (non-hydrogen) atoms. The van der Waals surface area contributed by atoms with Crippen molar-refractivity contribution in [2.75, 3.05) is 11.9 Å². The van der Waals surface area contributed by atoms with E-state index in [0.717, 1.165) is 5.01 Å². The van der Waals surface area contributed by atoms with Crippen molar-refractivity contribution in [1.82, 2.24) is 4.98 Å². The van der Waals surface area contributed by atoms with Gasteiger partial charge in [0.1, 0.15) is 11.6 Å². The van der Waals surface area contributed by atoms with Gasteiger partial charge in [-0.05, 0) is 0 Å². The van der Waals surface area contributed by atoms with E-state index < -0.39 is 9.89 Å². The summed E-state index contributed by atoms with van der Waals surface area (Å²) < 4.78 is 3.13. The van der Waals surface area contributed by atoms with Gasteiger partial charge >= 0.3 is 6.09 Å². The monoisotopic (exact) mass is 330 g/mol. The molecule has 1 heterocycles. The fourth-order valence-electron chi connectivity index (χ4n) is 0.963. The molecule has 0 aromatic carbocycles. The van der Waals surface area contributed by atoms with E-state index in [-0.39, 0.29) is 12.0 Å². The van der Waals surface area contributed by atoms with E-state index in [0.29, 0.717) is 5.00 Å². The molecule has 1 rings (SSSR count). The molecule has 102 valence electrons. The zero-order valence-electron chi connectivity index (χ0n) is 10.1. The maximum Gasteiger partial charge on any atom is 0.412 e. The van der Waals surface area contributed by atoms with E-state index in [1.54, 1.807) is 6.20 Å². The van der Waals surface area contributed by atoms with Crippen LogP contribution in [-0.4, -0.2) is 21.5 Å². The molecular formula is C10H13Cl3N2O2S. The average molecular weight is 332 g/mol. The van der Waals surface area contributed by atoms with Crippen LogP contribution in [0.15, 0.2) is 6.20 Å². The Morgan fingerprint density at radius 2 is 2.06 bits per heavy atom. The molecule has 0 unspecified atom stereocenters. The number of halogens is 3. The number of anilines is 1. The normalized spacial score (nSPS) is 12.3. The standard InChI is InChI=1S/C10H13Cl3N2O2S/c1-9(2,3)7-14-4-6(18-7)15-8(16)17-5-10(11,12)13/h4H,5H2,1-3H3,(H,15,16). The summed E-state index contributed by atoms with van der Waals surface area (Å²) in [5.74, 6) is 0. The Labute approximate surface area is 125 Å². The molecular weight excluding hydrogens is 319 g/mol. The maximum atomic E-state index is 11.4. The first-order valence-corrected chi connectivity index (χ1v) is 7.00. The van der Waals surface area contributed by atoms with Crippen molar-refractivity contribution < 1.29 is 9.53 Å². The van der Waals surface area contributed by atoms with Gasteiger partial charge in [0.15, 0.2) is 0 Å². The van der Waals surface area contributed by atoms with Crippen molar-refractivity contribution in [1.29, 1.82) is 0 Å². The highest BCUT2D eigenvalue weighted by Gasteiger charge is 2.23. The molecule has 0 spiro atoms. The summed E-state index contributed by atoms with van der Waals surface area (Å²) in [5.41, 5.74) is -0.0634. The molecule has 8 heteroatoms. The van der Waals surface area contributed by atoms with E-state index in [2.05, 4.69) is 10.3 Å². The third-order valence-electron chi connectivity index (χ3n) is 1.74. The number of ether oxygens (including phenoxy) is 1. The second-order valence-electron chi connectivity index (χ2n) is 4.60. The molecule has 0 bridgehead atoms.